The second kappa shape index (κ2) is 7.66. The molecule has 116 valence electrons. The molecular weight excluding hydrogens is 284 g/mol. The van der Waals surface area contributed by atoms with Crippen LogP contribution in [0, 0.1) is 0 Å². The summed E-state index contributed by atoms with van der Waals surface area (Å²) >= 11 is 6.04. The summed E-state index contributed by atoms with van der Waals surface area (Å²) in [5.41, 5.74) is 1.19. The summed E-state index contributed by atoms with van der Waals surface area (Å²) in [7, 11) is 6.07. The molecule has 0 bridgehead atoms. The molecule has 21 heavy (non-hydrogen) atoms. The molecule has 0 aliphatic carbocycles. The van der Waals surface area contributed by atoms with Crippen LogP contribution < -0.4 is 5.32 Å². The molecule has 2 rings (SSSR count). The van der Waals surface area contributed by atoms with Crippen molar-refractivity contribution in [2.24, 2.45) is 4.99 Å². The zero-order chi connectivity index (χ0) is 15.2. The summed E-state index contributed by atoms with van der Waals surface area (Å²) in [5, 5.41) is 4.25. The van der Waals surface area contributed by atoms with Crippen LogP contribution in [0.4, 0.5) is 0 Å². The van der Waals surface area contributed by atoms with E-state index in [4.69, 9.17) is 11.6 Å². The van der Waals surface area contributed by atoms with Crippen molar-refractivity contribution in [2.75, 3.05) is 34.2 Å². The third-order valence-electron chi connectivity index (χ3n) is 4.05. The maximum Gasteiger partial charge on any atom is 0.193 e. The first-order valence-corrected chi connectivity index (χ1v) is 7.84. The van der Waals surface area contributed by atoms with E-state index in [-0.39, 0.29) is 0 Å². The maximum absolute atomic E-state index is 6.04. The second-order valence-corrected chi connectivity index (χ2v) is 6.13. The predicted octanol–water partition coefficient (Wildman–Crippen LogP) is 2.44. The number of rotatable bonds is 4. The van der Waals surface area contributed by atoms with Gasteiger partial charge in [-0.05, 0) is 44.1 Å². The lowest BCUT2D eigenvalue weighted by atomic mass is 10.2. The zero-order valence-electron chi connectivity index (χ0n) is 13.1. The number of hydrogen-bond donors (Lipinski definition) is 1. The highest BCUT2D eigenvalue weighted by Gasteiger charge is 2.21. The molecule has 1 aliphatic heterocycles. The van der Waals surface area contributed by atoms with Crippen LogP contribution in [0.5, 0.6) is 0 Å². The van der Waals surface area contributed by atoms with Gasteiger partial charge in [0.05, 0.1) is 0 Å². The number of guanidine groups is 1. The van der Waals surface area contributed by atoms with Crippen molar-refractivity contribution in [3.8, 4) is 0 Å². The number of likely N-dealkylation sites (N-methyl/N-ethyl adjacent to an activating group) is 1. The van der Waals surface area contributed by atoms with Crippen molar-refractivity contribution in [3.05, 3.63) is 34.9 Å². The molecule has 1 fully saturated rings. The van der Waals surface area contributed by atoms with Gasteiger partial charge in [0.1, 0.15) is 0 Å². The van der Waals surface area contributed by atoms with Crippen LogP contribution >= 0.6 is 11.6 Å². The minimum absolute atomic E-state index is 0.612. The summed E-state index contributed by atoms with van der Waals surface area (Å²) < 4.78 is 0. The lowest BCUT2D eigenvalue weighted by molar-refractivity contribution is 0.306. The van der Waals surface area contributed by atoms with Gasteiger partial charge in [0, 0.05) is 38.2 Å². The van der Waals surface area contributed by atoms with E-state index in [9.17, 15) is 0 Å². The van der Waals surface area contributed by atoms with E-state index in [0.717, 1.165) is 24.1 Å². The topological polar surface area (TPSA) is 30.9 Å². The minimum Gasteiger partial charge on any atom is -0.355 e. The molecule has 0 radical (unpaired) electrons. The van der Waals surface area contributed by atoms with Gasteiger partial charge in [0.15, 0.2) is 5.96 Å². The summed E-state index contributed by atoms with van der Waals surface area (Å²) in [6.45, 7) is 2.94. The van der Waals surface area contributed by atoms with E-state index in [0.29, 0.717) is 6.04 Å². The smallest absolute Gasteiger partial charge is 0.193 e. The van der Waals surface area contributed by atoms with Gasteiger partial charge in [-0.1, -0.05) is 23.7 Å². The Kier molecular flexibility index (Phi) is 5.88. The molecule has 1 unspecified atom stereocenters. The average Bonchev–Trinajstić information content (AvgIpc) is 2.85. The Morgan fingerprint density at radius 3 is 2.95 bits per heavy atom. The van der Waals surface area contributed by atoms with Crippen LogP contribution in [-0.2, 0) is 6.54 Å². The molecular formula is C16H25ClN4. The summed E-state index contributed by atoms with van der Waals surface area (Å²) in [4.78, 5) is 8.91. The molecule has 0 aromatic heterocycles. The molecule has 1 atom stereocenters. The first-order chi connectivity index (χ1) is 10.1. The Morgan fingerprint density at radius 2 is 2.33 bits per heavy atom. The summed E-state index contributed by atoms with van der Waals surface area (Å²) in [6.07, 6.45) is 2.55. The Labute approximate surface area is 132 Å². The standard InChI is InChI=1S/C16H25ClN4/c1-18-16(19-11-15-8-5-9-20(15)2)21(3)12-13-6-4-7-14(17)10-13/h4,6-7,10,15H,5,8-9,11-12H2,1-3H3,(H,18,19). The lowest BCUT2D eigenvalue weighted by Crippen LogP contribution is -2.44. The fourth-order valence-electron chi connectivity index (χ4n) is 2.82. The van der Waals surface area contributed by atoms with Crippen LogP contribution in [0.15, 0.2) is 29.3 Å². The molecule has 1 aromatic rings. The molecule has 1 aromatic carbocycles. The monoisotopic (exact) mass is 308 g/mol. The Morgan fingerprint density at radius 1 is 1.52 bits per heavy atom. The van der Waals surface area contributed by atoms with Gasteiger partial charge in [-0.3, -0.25) is 4.99 Å². The SMILES string of the molecule is CN=C(NCC1CCCN1C)N(C)Cc1cccc(Cl)c1. The zero-order valence-corrected chi connectivity index (χ0v) is 13.9. The quantitative estimate of drug-likeness (QED) is 0.685. The number of hydrogen-bond acceptors (Lipinski definition) is 2. The number of nitrogens with one attached hydrogen (secondary N) is 1. The average molecular weight is 309 g/mol. The number of aliphatic imine (C=N–C) groups is 1. The fraction of sp³-hybridized carbons (Fsp3) is 0.562. The molecule has 1 N–H and O–H groups in total. The molecule has 0 spiro atoms. The summed E-state index contributed by atoms with van der Waals surface area (Å²) in [5.74, 6) is 0.926. The molecule has 1 heterocycles. The Bertz CT molecular complexity index is 489. The van der Waals surface area contributed by atoms with Crippen LogP contribution in [0.2, 0.25) is 5.02 Å². The number of halogens is 1. The van der Waals surface area contributed by atoms with Crippen molar-refractivity contribution in [2.45, 2.75) is 25.4 Å². The van der Waals surface area contributed by atoms with Gasteiger partial charge < -0.3 is 15.1 Å². The van der Waals surface area contributed by atoms with E-state index in [2.05, 4.69) is 40.3 Å². The van der Waals surface area contributed by atoms with Gasteiger partial charge in [-0.2, -0.15) is 0 Å². The molecule has 1 aliphatic rings. The van der Waals surface area contributed by atoms with Crippen molar-refractivity contribution in [1.29, 1.82) is 0 Å². The van der Waals surface area contributed by atoms with Gasteiger partial charge in [-0.25, -0.2) is 0 Å². The highest BCUT2D eigenvalue weighted by atomic mass is 35.5. The minimum atomic E-state index is 0.612. The normalized spacial score (nSPS) is 19.8. The maximum atomic E-state index is 6.04. The fourth-order valence-corrected chi connectivity index (χ4v) is 3.03. The second-order valence-electron chi connectivity index (χ2n) is 5.69. The van der Waals surface area contributed by atoms with Gasteiger partial charge in [0.25, 0.3) is 0 Å². The largest absolute Gasteiger partial charge is 0.355 e. The molecule has 5 heteroatoms. The Balaban J connectivity index is 1.88. The molecule has 0 amide bonds. The first-order valence-electron chi connectivity index (χ1n) is 7.46. The van der Waals surface area contributed by atoms with Gasteiger partial charge in [0.2, 0.25) is 0 Å². The van der Waals surface area contributed by atoms with E-state index in [1.807, 2.05) is 25.2 Å². The van der Waals surface area contributed by atoms with Gasteiger partial charge in [-0.15, -0.1) is 0 Å². The third kappa shape index (κ3) is 4.61. The predicted molar refractivity (Wildman–Crippen MR) is 89.9 cm³/mol. The Hall–Kier alpha value is -1.26. The van der Waals surface area contributed by atoms with Crippen molar-refractivity contribution in [3.63, 3.8) is 0 Å². The van der Waals surface area contributed by atoms with Crippen LogP contribution in [0.25, 0.3) is 0 Å². The van der Waals surface area contributed by atoms with E-state index < -0.39 is 0 Å². The van der Waals surface area contributed by atoms with Crippen LogP contribution in [0.1, 0.15) is 18.4 Å². The van der Waals surface area contributed by atoms with Crippen molar-refractivity contribution >= 4 is 17.6 Å². The first kappa shape index (κ1) is 16.1. The highest BCUT2D eigenvalue weighted by Crippen LogP contribution is 2.14. The van der Waals surface area contributed by atoms with E-state index in [1.54, 1.807) is 0 Å². The highest BCUT2D eigenvalue weighted by molar-refractivity contribution is 6.30. The van der Waals surface area contributed by atoms with Crippen molar-refractivity contribution < 1.29 is 0 Å². The van der Waals surface area contributed by atoms with E-state index >= 15 is 0 Å². The van der Waals surface area contributed by atoms with Gasteiger partial charge >= 0.3 is 0 Å². The third-order valence-corrected chi connectivity index (χ3v) is 4.28. The number of likely N-dealkylation sites (tertiary alicyclic amines) is 1. The van der Waals surface area contributed by atoms with Crippen LogP contribution in [0.3, 0.4) is 0 Å². The van der Waals surface area contributed by atoms with Crippen molar-refractivity contribution in [1.82, 2.24) is 15.1 Å². The number of nitrogens with zero attached hydrogens (tertiary/aromatic N) is 3. The lowest BCUT2D eigenvalue weighted by Gasteiger charge is -2.25. The summed E-state index contributed by atoms with van der Waals surface area (Å²) in [6, 6.07) is 8.57. The molecule has 4 nitrogen and oxygen atoms in total. The molecule has 1 saturated heterocycles. The molecule has 0 saturated carbocycles. The number of benzene rings is 1. The van der Waals surface area contributed by atoms with Crippen LogP contribution in [-0.4, -0.2) is 56.0 Å². The van der Waals surface area contributed by atoms with E-state index in [1.165, 1.54) is 24.9 Å².